The summed E-state index contributed by atoms with van der Waals surface area (Å²) in [5.41, 5.74) is 0.388. The first-order valence-corrected chi connectivity index (χ1v) is 6.87. The smallest absolute Gasteiger partial charge is 0.333 e. The average Bonchev–Trinajstić information content (AvgIpc) is 2.15. The topological polar surface area (TPSA) is 60.4 Å². The van der Waals surface area contributed by atoms with Gasteiger partial charge in [-0.15, -0.1) is 0 Å². The molecule has 0 saturated carbocycles. The van der Waals surface area contributed by atoms with Crippen LogP contribution >= 0.6 is 7.68 Å². The van der Waals surface area contributed by atoms with Crippen LogP contribution in [0.3, 0.4) is 0 Å². The Labute approximate surface area is 103 Å². The predicted octanol–water partition coefficient (Wildman–Crippen LogP) is 1.75. The molecule has 0 bridgehead atoms. The van der Waals surface area contributed by atoms with Crippen LogP contribution in [0.5, 0.6) is 0 Å². The molecule has 5 nitrogen and oxygen atoms in total. The van der Waals surface area contributed by atoms with E-state index in [2.05, 4.69) is 6.58 Å². The highest BCUT2D eigenvalue weighted by atomic mass is 31.1. The van der Waals surface area contributed by atoms with Crippen LogP contribution in [0.15, 0.2) is 12.2 Å². The van der Waals surface area contributed by atoms with Crippen molar-refractivity contribution in [3.8, 4) is 0 Å². The standard InChI is InChI=1S/C11H21NO4P/c1-10(2)11(13)16-8-7-12(3,4)6-5-9-17(14)15/h1,5-9H2,2-4H3/q+1. The number of hydrogen-bond donors (Lipinski definition) is 0. The van der Waals surface area contributed by atoms with Crippen LogP contribution in [0.2, 0.25) is 0 Å². The second-order valence-corrected chi connectivity index (χ2v) is 5.82. The average molecular weight is 262 g/mol. The van der Waals surface area contributed by atoms with Gasteiger partial charge in [0.05, 0.1) is 26.8 Å². The van der Waals surface area contributed by atoms with Gasteiger partial charge in [0.15, 0.2) is 0 Å². The molecule has 0 N–H and O–H groups in total. The van der Waals surface area contributed by atoms with Gasteiger partial charge >= 0.3 is 13.6 Å². The Balaban J connectivity index is 3.85. The van der Waals surface area contributed by atoms with Crippen LogP contribution in [-0.2, 0) is 18.7 Å². The summed E-state index contributed by atoms with van der Waals surface area (Å²) in [5, 5.41) is 0. The zero-order valence-electron chi connectivity index (χ0n) is 10.8. The largest absolute Gasteiger partial charge is 0.456 e. The molecule has 0 aromatic carbocycles. The molecule has 0 heterocycles. The second-order valence-electron chi connectivity index (χ2n) is 4.71. The molecule has 98 valence electrons. The Morgan fingerprint density at radius 2 is 1.88 bits per heavy atom. The number of carbonyl (C=O) groups excluding carboxylic acids is 1. The number of rotatable bonds is 8. The highest BCUT2D eigenvalue weighted by Crippen LogP contribution is 2.08. The Bertz CT molecular complexity index is 339. The first kappa shape index (κ1) is 16.1. The Morgan fingerprint density at radius 3 is 2.35 bits per heavy atom. The SMILES string of the molecule is C=C(C)C(=O)OCC[N+](C)(C)CCCP(=O)=O. The lowest BCUT2D eigenvalue weighted by molar-refractivity contribution is -0.890. The Hall–Kier alpha value is -0.930. The fourth-order valence-electron chi connectivity index (χ4n) is 1.25. The quantitative estimate of drug-likeness (QED) is 0.289. The highest BCUT2D eigenvalue weighted by molar-refractivity contribution is 7.30. The van der Waals surface area contributed by atoms with E-state index < -0.39 is 7.68 Å². The van der Waals surface area contributed by atoms with E-state index >= 15 is 0 Å². The molecule has 0 saturated heterocycles. The normalized spacial score (nSPS) is 11.0. The summed E-state index contributed by atoms with van der Waals surface area (Å²) in [7, 11) is 1.66. The van der Waals surface area contributed by atoms with Gasteiger partial charge in [-0.1, -0.05) is 6.58 Å². The Kier molecular flexibility index (Phi) is 7.00. The van der Waals surface area contributed by atoms with Crippen molar-refractivity contribution in [2.24, 2.45) is 0 Å². The summed E-state index contributed by atoms with van der Waals surface area (Å²) in [6.45, 7) is 6.82. The Morgan fingerprint density at radius 1 is 1.29 bits per heavy atom. The minimum absolute atomic E-state index is 0.211. The maximum atomic E-state index is 11.1. The van der Waals surface area contributed by atoms with Crippen LogP contribution in [0, 0.1) is 0 Å². The van der Waals surface area contributed by atoms with Gasteiger partial charge < -0.3 is 9.22 Å². The predicted molar refractivity (Wildman–Crippen MR) is 65.4 cm³/mol. The van der Waals surface area contributed by atoms with Crippen LogP contribution in [0.4, 0.5) is 0 Å². The first-order valence-electron chi connectivity index (χ1n) is 5.51. The highest BCUT2D eigenvalue weighted by Gasteiger charge is 2.16. The third-order valence-corrected chi connectivity index (χ3v) is 3.06. The van der Waals surface area contributed by atoms with E-state index in [0.717, 1.165) is 6.54 Å². The molecule has 0 aliphatic heterocycles. The van der Waals surface area contributed by atoms with Crippen molar-refractivity contribution in [3.63, 3.8) is 0 Å². The molecule has 0 spiro atoms. The maximum absolute atomic E-state index is 11.1. The van der Waals surface area contributed by atoms with Crippen LogP contribution in [0.25, 0.3) is 0 Å². The molecule has 0 fully saturated rings. The van der Waals surface area contributed by atoms with Gasteiger partial charge in [0.1, 0.15) is 13.2 Å². The molecule has 0 aliphatic carbocycles. The van der Waals surface area contributed by atoms with Crippen molar-refractivity contribution in [1.29, 1.82) is 0 Å². The molecule has 0 aromatic rings. The number of carbonyl (C=O) groups is 1. The molecule has 0 rings (SSSR count). The van der Waals surface area contributed by atoms with Crippen LogP contribution < -0.4 is 0 Å². The van der Waals surface area contributed by atoms with Gasteiger partial charge in [0, 0.05) is 12.0 Å². The summed E-state index contributed by atoms with van der Waals surface area (Å²) in [6.07, 6.45) is 0.836. The van der Waals surface area contributed by atoms with E-state index in [4.69, 9.17) is 4.74 Å². The van der Waals surface area contributed by atoms with Crippen molar-refractivity contribution >= 4 is 13.6 Å². The molecule has 0 aliphatic rings. The fourth-order valence-corrected chi connectivity index (χ4v) is 1.65. The van der Waals surface area contributed by atoms with Gasteiger partial charge in [-0.05, 0) is 6.92 Å². The molecule has 0 amide bonds. The number of likely N-dealkylation sites (N-methyl/N-ethyl adjacent to an activating group) is 1. The summed E-state index contributed by atoms with van der Waals surface area (Å²) >= 11 is 0. The molecule has 0 aromatic heterocycles. The second kappa shape index (κ2) is 7.41. The van der Waals surface area contributed by atoms with Gasteiger partial charge in [-0.2, -0.15) is 0 Å². The molecule has 0 radical (unpaired) electrons. The summed E-state index contributed by atoms with van der Waals surface area (Å²) in [5.74, 6) is -0.382. The van der Waals surface area contributed by atoms with Crippen molar-refractivity contribution in [1.82, 2.24) is 0 Å². The third kappa shape index (κ3) is 8.83. The number of nitrogens with zero attached hydrogens (tertiary/aromatic N) is 1. The van der Waals surface area contributed by atoms with E-state index in [9.17, 15) is 13.9 Å². The number of quaternary nitrogens is 1. The minimum atomic E-state index is -2.29. The van der Waals surface area contributed by atoms with Gasteiger partial charge in [0.2, 0.25) is 0 Å². The molecular formula is C11H21NO4P+. The zero-order valence-corrected chi connectivity index (χ0v) is 11.7. The molecule has 6 heteroatoms. The van der Waals surface area contributed by atoms with E-state index in [0.29, 0.717) is 29.6 Å². The molecule has 17 heavy (non-hydrogen) atoms. The summed E-state index contributed by atoms with van der Waals surface area (Å²) in [6, 6.07) is 0. The van der Waals surface area contributed by atoms with E-state index in [-0.39, 0.29) is 12.1 Å². The fraction of sp³-hybridized carbons (Fsp3) is 0.727. The lowest BCUT2D eigenvalue weighted by atomic mass is 10.3. The van der Waals surface area contributed by atoms with Gasteiger partial charge in [0.25, 0.3) is 0 Å². The lowest BCUT2D eigenvalue weighted by Crippen LogP contribution is -2.43. The van der Waals surface area contributed by atoms with Gasteiger partial charge in [-0.25, -0.2) is 13.9 Å². The number of esters is 1. The van der Waals surface area contributed by atoms with Gasteiger partial charge in [-0.3, -0.25) is 0 Å². The molecular weight excluding hydrogens is 241 g/mol. The molecule has 0 unspecified atom stereocenters. The summed E-state index contributed by atoms with van der Waals surface area (Å²) < 4.78 is 26.5. The first-order chi connectivity index (χ1) is 7.74. The van der Waals surface area contributed by atoms with E-state index in [1.165, 1.54) is 0 Å². The van der Waals surface area contributed by atoms with E-state index in [1.54, 1.807) is 6.92 Å². The number of ether oxygens (including phenoxy) is 1. The minimum Gasteiger partial charge on any atom is -0.456 e. The van der Waals surface area contributed by atoms with Crippen molar-refractivity contribution in [2.45, 2.75) is 13.3 Å². The van der Waals surface area contributed by atoms with Crippen LogP contribution in [0.1, 0.15) is 13.3 Å². The van der Waals surface area contributed by atoms with Crippen molar-refractivity contribution < 1.29 is 23.1 Å². The summed E-state index contributed by atoms with van der Waals surface area (Å²) in [4.78, 5) is 11.1. The lowest BCUT2D eigenvalue weighted by Gasteiger charge is -2.29. The van der Waals surface area contributed by atoms with Crippen LogP contribution in [-0.4, -0.2) is 50.4 Å². The zero-order chi connectivity index (χ0) is 13.5. The third-order valence-electron chi connectivity index (χ3n) is 2.38. The molecule has 0 atom stereocenters. The van der Waals surface area contributed by atoms with E-state index in [1.807, 2.05) is 14.1 Å². The monoisotopic (exact) mass is 262 g/mol. The maximum Gasteiger partial charge on any atom is 0.333 e. The van der Waals surface area contributed by atoms with Crippen molar-refractivity contribution in [2.75, 3.05) is 40.0 Å². The number of hydrogen-bond acceptors (Lipinski definition) is 4. The van der Waals surface area contributed by atoms with Crippen molar-refractivity contribution in [3.05, 3.63) is 12.2 Å².